The normalized spacial score (nSPS) is 24.3. The smallest absolute Gasteiger partial charge is 0.311 e. The van der Waals surface area contributed by atoms with Crippen LogP contribution in [-0.2, 0) is 0 Å². The molecule has 0 radical (unpaired) electrons. The van der Waals surface area contributed by atoms with Gasteiger partial charge in [-0.25, -0.2) is 4.98 Å². The van der Waals surface area contributed by atoms with E-state index in [-0.39, 0.29) is 17.5 Å². The van der Waals surface area contributed by atoms with Crippen LogP contribution < -0.4 is 5.32 Å². The molecule has 1 aliphatic carbocycles. The molecule has 0 amide bonds. The van der Waals surface area contributed by atoms with Gasteiger partial charge in [-0.1, -0.05) is 19.3 Å². The summed E-state index contributed by atoms with van der Waals surface area (Å²) >= 11 is 0. The van der Waals surface area contributed by atoms with E-state index in [2.05, 4.69) is 10.3 Å². The SMILES string of the molecule is O=[N+]([O-])c1cccnc1NC1CCCCCC1O. The lowest BCUT2D eigenvalue weighted by Gasteiger charge is -2.21. The van der Waals surface area contributed by atoms with E-state index in [1.54, 1.807) is 0 Å². The Hall–Kier alpha value is -1.69. The van der Waals surface area contributed by atoms with Gasteiger partial charge in [0.05, 0.1) is 17.1 Å². The van der Waals surface area contributed by atoms with Crippen molar-refractivity contribution in [1.29, 1.82) is 0 Å². The molecule has 0 bridgehead atoms. The number of aliphatic hydroxyl groups is 1. The number of pyridine rings is 1. The van der Waals surface area contributed by atoms with Crippen LogP contribution in [0.4, 0.5) is 11.5 Å². The van der Waals surface area contributed by atoms with Gasteiger partial charge < -0.3 is 10.4 Å². The van der Waals surface area contributed by atoms with Crippen molar-refractivity contribution < 1.29 is 10.0 Å². The number of aliphatic hydroxyl groups excluding tert-OH is 1. The van der Waals surface area contributed by atoms with E-state index in [1.165, 1.54) is 18.3 Å². The summed E-state index contributed by atoms with van der Waals surface area (Å²) in [5, 5.41) is 23.9. The Bertz CT molecular complexity index is 425. The highest BCUT2D eigenvalue weighted by atomic mass is 16.6. The van der Waals surface area contributed by atoms with Crippen LogP contribution in [0.1, 0.15) is 32.1 Å². The molecule has 2 atom stereocenters. The molecule has 0 aliphatic heterocycles. The van der Waals surface area contributed by atoms with Gasteiger partial charge >= 0.3 is 5.69 Å². The summed E-state index contributed by atoms with van der Waals surface area (Å²) in [5.74, 6) is 0.244. The standard InChI is InChI=1S/C12H17N3O3/c16-11-7-3-1-2-5-9(11)14-12-10(15(17)18)6-4-8-13-12/h4,6,8-9,11,16H,1-3,5,7H2,(H,13,14). The molecule has 2 rings (SSSR count). The average molecular weight is 251 g/mol. The van der Waals surface area contributed by atoms with Gasteiger partial charge in [-0.15, -0.1) is 0 Å². The zero-order chi connectivity index (χ0) is 13.0. The lowest BCUT2D eigenvalue weighted by molar-refractivity contribution is -0.384. The summed E-state index contributed by atoms with van der Waals surface area (Å²) < 4.78 is 0. The third-order valence-corrected chi connectivity index (χ3v) is 3.28. The second kappa shape index (κ2) is 5.77. The van der Waals surface area contributed by atoms with E-state index in [9.17, 15) is 15.2 Å². The van der Waals surface area contributed by atoms with E-state index in [4.69, 9.17) is 0 Å². The largest absolute Gasteiger partial charge is 0.391 e. The Morgan fingerprint density at radius 2 is 2.17 bits per heavy atom. The Balaban J connectivity index is 2.14. The first kappa shape index (κ1) is 12.8. The fourth-order valence-corrected chi connectivity index (χ4v) is 2.29. The lowest BCUT2D eigenvalue weighted by atomic mass is 10.1. The van der Waals surface area contributed by atoms with Crippen LogP contribution in [0.3, 0.4) is 0 Å². The number of aromatic nitrogens is 1. The number of nitrogens with zero attached hydrogens (tertiary/aromatic N) is 2. The molecule has 18 heavy (non-hydrogen) atoms. The van der Waals surface area contributed by atoms with Crippen molar-refractivity contribution in [3.63, 3.8) is 0 Å². The summed E-state index contributed by atoms with van der Waals surface area (Å²) in [6.07, 6.45) is 5.72. The second-order valence-electron chi connectivity index (χ2n) is 4.58. The molecule has 0 aromatic carbocycles. The summed E-state index contributed by atoms with van der Waals surface area (Å²) in [5.41, 5.74) is -0.0473. The fourth-order valence-electron chi connectivity index (χ4n) is 2.29. The zero-order valence-corrected chi connectivity index (χ0v) is 10.1. The predicted octanol–water partition coefficient (Wildman–Crippen LogP) is 2.10. The summed E-state index contributed by atoms with van der Waals surface area (Å²) in [4.78, 5) is 14.4. The van der Waals surface area contributed by atoms with Gasteiger partial charge in [0, 0.05) is 12.3 Å². The van der Waals surface area contributed by atoms with Crippen LogP contribution in [0.25, 0.3) is 0 Å². The van der Waals surface area contributed by atoms with Crippen molar-refractivity contribution in [3.05, 3.63) is 28.4 Å². The molecule has 1 saturated carbocycles. The molecule has 1 heterocycles. The van der Waals surface area contributed by atoms with Crippen LogP contribution in [0.5, 0.6) is 0 Å². The summed E-state index contributed by atoms with van der Waals surface area (Å²) in [6.45, 7) is 0. The maximum atomic E-state index is 10.9. The van der Waals surface area contributed by atoms with Crippen molar-refractivity contribution in [2.24, 2.45) is 0 Å². The zero-order valence-electron chi connectivity index (χ0n) is 10.1. The molecule has 98 valence electrons. The molecular weight excluding hydrogens is 234 g/mol. The number of nitrogens with one attached hydrogen (secondary N) is 1. The number of nitro groups is 1. The van der Waals surface area contributed by atoms with Crippen LogP contribution in [0.15, 0.2) is 18.3 Å². The monoisotopic (exact) mass is 251 g/mol. The van der Waals surface area contributed by atoms with Crippen molar-refractivity contribution in [2.75, 3.05) is 5.32 Å². The van der Waals surface area contributed by atoms with Gasteiger partial charge in [0.25, 0.3) is 0 Å². The Kier molecular flexibility index (Phi) is 4.09. The third kappa shape index (κ3) is 2.95. The summed E-state index contributed by atoms with van der Waals surface area (Å²) in [7, 11) is 0. The molecule has 1 aromatic rings. The number of rotatable bonds is 3. The number of hydrogen-bond acceptors (Lipinski definition) is 5. The highest BCUT2D eigenvalue weighted by Crippen LogP contribution is 2.25. The fraction of sp³-hybridized carbons (Fsp3) is 0.583. The lowest BCUT2D eigenvalue weighted by Crippen LogP contribution is -2.33. The van der Waals surface area contributed by atoms with Gasteiger partial charge in [-0.05, 0) is 18.9 Å². The third-order valence-electron chi connectivity index (χ3n) is 3.28. The molecule has 1 aliphatic rings. The van der Waals surface area contributed by atoms with Crippen molar-refractivity contribution >= 4 is 11.5 Å². The first-order valence-electron chi connectivity index (χ1n) is 6.22. The highest BCUT2D eigenvalue weighted by molar-refractivity contribution is 5.55. The Morgan fingerprint density at radius 1 is 1.39 bits per heavy atom. The Labute approximate surface area is 105 Å². The van der Waals surface area contributed by atoms with E-state index in [1.807, 2.05) is 0 Å². The van der Waals surface area contributed by atoms with Crippen molar-refractivity contribution in [3.8, 4) is 0 Å². The minimum atomic E-state index is -0.464. The van der Waals surface area contributed by atoms with E-state index in [0.717, 1.165) is 32.1 Å². The van der Waals surface area contributed by atoms with Gasteiger partial charge in [-0.3, -0.25) is 10.1 Å². The number of hydrogen-bond donors (Lipinski definition) is 2. The summed E-state index contributed by atoms with van der Waals surface area (Å²) in [6, 6.07) is 2.80. The predicted molar refractivity (Wildman–Crippen MR) is 67.4 cm³/mol. The number of anilines is 1. The molecule has 1 fully saturated rings. The first-order valence-corrected chi connectivity index (χ1v) is 6.22. The molecule has 1 aromatic heterocycles. The minimum Gasteiger partial charge on any atom is -0.391 e. The quantitative estimate of drug-likeness (QED) is 0.488. The van der Waals surface area contributed by atoms with E-state index >= 15 is 0 Å². The highest BCUT2D eigenvalue weighted by Gasteiger charge is 2.24. The van der Waals surface area contributed by atoms with Crippen LogP contribution in [0.2, 0.25) is 0 Å². The molecule has 0 saturated heterocycles. The van der Waals surface area contributed by atoms with Crippen LogP contribution >= 0.6 is 0 Å². The van der Waals surface area contributed by atoms with Crippen molar-refractivity contribution in [1.82, 2.24) is 4.98 Å². The van der Waals surface area contributed by atoms with Crippen LogP contribution in [0, 0.1) is 10.1 Å². The topological polar surface area (TPSA) is 88.3 Å². The molecule has 2 unspecified atom stereocenters. The molecular formula is C12H17N3O3. The van der Waals surface area contributed by atoms with Crippen LogP contribution in [-0.4, -0.2) is 27.2 Å². The van der Waals surface area contributed by atoms with Gasteiger partial charge in [0.15, 0.2) is 0 Å². The average Bonchev–Trinajstić information content (AvgIpc) is 2.55. The van der Waals surface area contributed by atoms with E-state index < -0.39 is 11.0 Å². The molecule has 0 spiro atoms. The van der Waals surface area contributed by atoms with Gasteiger partial charge in [0.1, 0.15) is 0 Å². The minimum absolute atomic E-state index is 0.0473. The van der Waals surface area contributed by atoms with Gasteiger partial charge in [0.2, 0.25) is 5.82 Å². The van der Waals surface area contributed by atoms with E-state index in [0.29, 0.717) is 0 Å². The second-order valence-corrected chi connectivity index (χ2v) is 4.58. The van der Waals surface area contributed by atoms with Gasteiger partial charge in [-0.2, -0.15) is 0 Å². The molecule has 6 nitrogen and oxygen atoms in total. The maximum absolute atomic E-state index is 10.9. The Morgan fingerprint density at radius 3 is 2.94 bits per heavy atom. The first-order chi connectivity index (χ1) is 8.68. The molecule has 6 heteroatoms. The molecule has 2 N–H and O–H groups in total. The maximum Gasteiger partial charge on any atom is 0.311 e. The van der Waals surface area contributed by atoms with Crippen molar-refractivity contribution in [2.45, 2.75) is 44.2 Å².